The Kier molecular flexibility index (Phi) is 4.48. The van der Waals surface area contributed by atoms with Crippen molar-refractivity contribution in [3.63, 3.8) is 0 Å². The van der Waals surface area contributed by atoms with Crippen LogP contribution in [0, 0.1) is 0 Å². The molecule has 0 N–H and O–H groups in total. The third-order valence-electron chi connectivity index (χ3n) is 3.96. The van der Waals surface area contributed by atoms with Crippen LogP contribution < -0.4 is 0 Å². The molecule has 1 aliphatic heterocycles. The molecule has 2 nitrogen and oxygen atoms in total. The van der Waals surface area contributed by atoms with Gasteiger partial charge in [0.1, 0.15) is 5.83 Å². The van der Waals surface area contributed by atoms with Gasteiger partial charge in [-0.1, -0.05) is 18.2 Å². The fourth-order valence-corrected chi connectivity index (χ4v) is 1.81. The van der Waals surface area contributed by atoms with Gasteiger partial charge in [-0.25, -0.2) is 4.39 Å². The molecule has 19 heavy (non-hydrogen) atoms. The molecular weight excluding hydrogens is 242 g/mol. The summed E-state index contributed by atoms with van der Waals surface area (Å²) in [5.41, 5.74) is 0.664. The molecular formula is C15H24BFO2. The number of halogens is 1. The van der Waals surface area contributed by atoms with Gasteiger partial charge in [-0.05, 0) is 54.0 Å². The molecule has 0 bridgehead atoms. The Labute approximate surface area is 116 Å². The first-order valence-electron chi connectivity index (χ1n) is 6.58. The summed E-state index contributed by atoms with van der Waals surface area (Å²) in [7, 11) is -0.696. The summed E-state index contributed by atoms with van der Waals surface area (Å²) in [4.78, 5) is 0. The fraction of sp³-hybridized carbons (Fsp3) is 0.600. The van der Waals surface area contributed by atoms with Crippen molar-refractivity contribution in [1.82, 2.24) is 0 Å². The Morgan fingerprint density at radius 2 is 1.53 bits per heavy atom. The van der Waals surface area contributed by atoms with Gasteiger partial charge in [0, 0.05) is 5.47 Å². The van der Waals surface area contributed by atoms with Crippen molar-refractivity contribution >= 4 is 7.12 Å². The summed E-state index contributed by atoms with van der Waals surface area (Å²) < 4.78 is 26.2. The highest BCUT2D eigenvalue weighted by Gasteiger charge is 2.53. The molecule has 0 amide bonds. The van der Waals surface area contributed by atoms with Crippen molar-refractivity contribution < 1.29 is 13.7 Å². The highest BCUT2D eigenvalue weighted by Crippen LogP contribution is 2.41. The third kappa shape index (κ3) is 3.01. The molecule has 0 atom stereocenters. The van der Waals surface area contributed by atoms with Crippen molar-refractivity contribution in [2.75, 3.05) is 0 Å². The van der Waals surface area contributed by atoms with Crippen molar-refractivity contribution in [1.29, 1.82) is 0 Å². The lowest BCUT2D eigenvalue weighted by atomic mass is 9.72. The molecule has 0 unspecified atom stereocenters. The van der Waals surface area contributed by atoms with Gasteiger partial charge in [-0.15, -0.1) is 0 Å². The quantitative estimate of drug-likeness (QED) is 0.557. The van der Waals surface area contributed by atoms with Gasteiger partial charge in [0.25, 0.3) is 0 Å². The summed E-state index contributed by atoms with van der Waals surface area (Å²) in [5.74, 6) is -0.353. The van der Waals surface area contributed by atoms with E-state index in [1.54, 1.807) is 6.92 Å². The molecule has 1 saturated heterocycles. The topological polar surface area (TPSA) is 18.5 Å². The van der Waals surface area contributed by atoms with Gasteiger partial charge in [0.05, 0.1) is 11.2 Å². The van der Waals surface area contributed by atoms with E-state index in [4.69, 9.17) is 9.31 Å². The zero-order valence-corrected chi connectivity index (χ0v) is 13.1. The standard InChI is InChI=1S/C15H24BFO2/c1-9-11(4)12(13(17)10(2)3)16-18-14(5,6)15(7,8)19-16/h9H,2H2,1,3-8H3/b11-9-,13-12-. The van der Waals surface area contributed by atoms with Gasteiger partial charge in [-0.2, -0.15) is 0 Å². The molecule has 106 valence electrons. The normalized spacial score (nSPS) is 23.4. The van der Waals surface area contributed by atoms with E-state index < -0.39 is 18.3 Å². The van der Waals surface area contributed by atoms with Crippen LogP contribution in [0.15, 0.2) is 35.1 Å². The Bertz CT molecular complexity index is 431. The van der Waals surface area contributed by atoms with E-state index >= 15 is 0 Å². The molecule has 4 heteroatoms. The molecule has 0 aromatic rings. The lowest BCUT2D eigenvalue weighted by Crippen LogP contribution is -2.41. The zero-order chi connectivity index (χ0) is 15.0. The van der Waals surface area contributed by atoms with Gasteiger partial charge in [0.2, 0.25) is 0 Å². The number of hydrogen-bond acceptors (Lipinski definition) is 2. The Balaban J connectivity index is 3.26. The maximum absolute atomic E-state index is 14.4. The minimum Gasteiger partial charge on any atom is -0.399 e. The van der Waals surface area contributed by atoms with Crippen LogP contribution in [0.25, 0.3) is 0 Å². The zero-order valence-electron chi connectivity index (χ0n) is 13.1. The molecule has 1 aliphatic rings. The third-order valence-corrected chi connectivity index (χ3v) is 3.96. The van der Waals surface area contributed by atoms with E-state index in [0.29, 0.717) is 11.0 Å². The van der Waals surface area contributed by atoms with E-state index in [9.17, 15) is 4.39 Å². The molecule has 0 aromatic carbocycles. The van der Waals surface area contributed by atoms with Gasteiger partial charge in [-0.3, -0.25) is 0 Å². The van der Waals surface area contributed by atoms with E-state index in [-0.39, 0.29) is 5.83 Å². The van der Waals surface area contributed by atoms with Gasteiger partial charge < -0.3 is 9.31 Å². The number of hydrogen-bond donors (Lipinski definition) is 0. The average molecular weight is 266 g/mol. The molecule has 1 rings (SSSR count). The van der Waals surface area contributed by atoms with Crippen LogP contribution in [0.3, 0.4) is 0 Å². The van der Waals surface area contributed by atoms with E-state index in [0.717, 1.165) is 5.57 Å². The molecule has 0 radical (unpaired) electrons. The molecule has 1 heterocycles. The fourth-order valence-electron chi connectivity index (χ4n) is 1.81. The second kappa shape index (κ2) is 5.26. The first-order valence-corrected chi connectivity index (χ1v) is 6.58. The summed E-state index contributed by atoms with van der Waals surface area (Å²) in [5, 5.41) is 0. The lowest BCUT2D eigenvalue weighted by Gasteiger charge is -2.32. The maximum Gasteiger partial charge on any atom is 0.498 e. The van der Waals surface area contributed by atoms with Crippen molar-refractivity contribution in [3.05, 3.63) is 35.1 Å². The number of rotatable bonds is 3. The molecule has 0 spiro atoms. The minimum absolute atomic E-state index is 0.353. The van der Waals surface area contributed by atoms with Crippen LogP contribution in [0.2, 0.25) is 0 Å². The Hall–Kier alpha value is -0.865. The summed E-state index contributed by atoms with van der Waals surface area (Å²) in [6.45, 7) is 16.8. The highest BCUT2D eigenvalue weighted by molar-refractivity contribution is 6.56. The van der Waals surface area contributed by atoms with Crippen molar-refractivity contribution in [3.8, 4) is 0 Å². The Morgan fingerprint density at radius 1 is 1.11 bits per heavy atom. The van der Waals surface area contributed by atoms with Crippen molar-refractivity contribution in [2.45, 2.75) is 59.7 Å². The van der Waals surface area contributed by atoms with Crippen LogP contribution in [0.4, 0.5) is 4.39 Å². The van der Waals surface area contributed by atoms with Gasteiger partial charge >= 0.3 is 7.12 Å². The van der Waals surface area contributed by atoms with Crippen LogP contribution in [0.5, 0.6) is 0 Å². The second-order valence-electron chi connectivity index (χ2n) is 6.07. The van der Waals surface area contributed by atoms with Crippen molar-refractivity contribution in [2.24, 2.45) is 0 Å². The minimum atomic E-state index is -0.696. The predicted molar refractivity (Wildman–Crippen MR) is 78.5 cm³/mol. The Morgan fingerprint density at radius 3 is 1.84 bits per heavy atom. The SMILES string of the molecule is C=C(C)/C(F)=C(B1OC(C)(C)C(C)(C)O1)\C(C)=C/C. The smallest absolute Gasteiger partial charge is 0.399 e. The maximum atomic E-state index is 14.4. The highest BCUT2D eigenvalue weighted by atomic mass is 19.1. The first kappa shape index (κ1) is 16.2. The van der Waals surface area contributed by atoms with Crippen LogP contribution in [-0.4, -0.2) is 18.3 Å². The summed E-state index contributed by atoms with van der Waals surface area (Å²) in [6, 6.07) is 0. The molecule has 0 aromatic heterocycles. The number of allylic oxidation sites excluding steroid dienone is 5. The monoisotopic (exact) mass is 266 g/mol. The van der Waals surface area contributed by atoms with Gasteiger partial charge in [0.15, 0.2) is 0 Å². The lowest BCUT2D eigenvalue weighted by molar-refractivity contribution is 0.00578. The summed E-state index contributed by atoms with van der Waals surface area (Å²) in [6.07, 6.45) is 1.85. The van der Waals surface area contributed by atoms with E-state index in [1.807, 2.05) is 47.6 Å². The van der Waals surface area contributed by atoms with E-state index in [1.165, 1.54) is 0 Å². The van der Waals surface area contributed by atoms with Crippen LogP contribution >= 0.6 is 0 Å². The second-order valence-corrected chi connectivity index (χ2v) is 6.07. The van der Waals surface area contributed by atoms with E-state index in [2.05, 4.69) is 6.58 Å². The molecule has 1 fully saturated rings. The summed E-state index contributed by atoms with van der Waals surface area (Å²) >= 11 is 0. The molecule has 0 saturated carbocycles. The van der Waals surface area contributed by atoms with Crippen LogP contribution in [0.1, 0.15) is 48.5 Å². The first-order chi connectivity index (χ1) is 8.53. The predicted octanol–water partition coefficient (Wildman–Crippen LogP) is 4.38. The molecule has 0 aliphatic carbocycles. The largest absolute Gasteiger partial charge is 0.498 e. The van der Waals surface area contributed by atoms with Crippen LogP contribution in [-0.2, 0) is 9.31 Å². The average Bonchev–Trinajstić information content (AvgIpc) is 2.47.